The third kappa shape index (κ3) is 19.4. The molecule has 0 spiro atoms. The van der Waals surface area contributed by atoms with Crippen molar-refractivity contribution in [2.75, 3.05) is 7.11 Å². The predicted molar refractivity (Wildman–Crippen MR) is 265 cm³/mol. The molecule has 0 aliphatic carbocycles. The van der Waals surface area contributed by atoms with Crippen molar-refractivity contribution in [2.24, 2.45) is 23.7 Å². The molecular formula is C50H82N8O13. The zero-order valence-electron chi connectivity index (χ0n) is 45.2. The van der Waals surface area contributed by atoms with E-state index >= 15 is 0 Å². The molecule has 21 nitrogen and oxygen atoms in total. The molecule has 0 saturated carbocycles. The molecule has 1 aromatic rings. The van der Waals surface area contributed by atoms with Crippen molar-refractivity contribution in [3.05, 3.63) is 35.9 Å². The summed E-state index contributed by atoms with van der Waals surface area (Å²) in [7, 11) is 1.16. The smallest absolute Gasteiger partial charge is 0.408 e. The van der Waals surface area contributed by atoms with Crippen LogP contribution in [0.5, 0.6) is 0 Å². The van der Waals surface area contributed by atoms with E-state index in [-0.39, 0.29) is 5.56 Å². The normalized spacial score (nSPS) is 15.0. The van der Waals surface area contributed by atoms with Gasteiger partial charge in [0, 0.05) is 0 Å². The molecule has 400 valence electrons. The molecule has 0 saturated heterocycles. The molecular weight excluding hydrogens is 921 g/mol. The number of carbonyl (C=O) groups excluding carboxylic acids is 10. The van der Waals surface area contributed by atoms with Gasteiger partial charge in [-0.2, -0.15) is 0 Å². The first-order chi connectivity index (χ1) is 32.4. The minimum atomic E-state index is -1.81. The van der Waals surface area contributed by atoms with E-state index in [9.17, 15) is 47.9 Å². The second kappa shape index (κ2) is 26.2. The Labute approximate surface area is 419 Å². The van der Waals surface area contributed by atoms with Gasteiger partial charge in [-0.05, 0) is 105 Å². The molecule has 1 aromatic carbocycles. The summed E-state index contributed by atoms with van der Waals surface area (Å²) in [5.74, 6) is -9.17. The van der Waals surface area contributed by atoms with Crippen LogP contribution in [0.4, 0.5) is 4.79 Å². The molecule has 1 rings (SSSR count). The van der Waals surface area contributed by atoms with Gasteiger partial charge in [-0.3, -0.25) is 33.6 Å². The number of carbonyl (C=O) groups is 10. The zero-order valence-corrected chi connectivity index (χ0v) is 45.2. The molecule has 8 amide bonds. The van der Waals surface area contributed by atoms with Gasteiger partial charge in [-0.25, -0.2) is 14.4 Å². The lowest BCUT2D eigenvalue weighted by atomic mass is 9.94. The van der Waals surface area contributed by atoms with Gasteiger partial charge in [0.1, 0.15) is 58.5 Å². The van der Waals surface area contributed by atoms with Crippen molar-refractivity contribution >= 4 is 59.4 Å². The maximum atomic E-state index is 14.2. The maximum Gasteiger partial charge on any atom is 0.408 e. The third-order valence-corrected chi connectivity index (χ3v) is 11.4. The summed E-state index contributed by atoms with van der Waals surface area (Å²) in [5.41, 5.74) is -5.48. The molecule has 21 heteroatoms. The van der Waals surface area contributed by atoms with Crippen LogP contribution in [0, 0.1) is 23.7 Å². The Hall–Kier alpha value is -6.28. The second-order valence-electron chi connectivity index (χ2n) is 21.4. The summed E-state index contributed by atoms with van der Waals surface area (Å²) in [6, 6.07) is 1.34. The summed E-state index contributed by atoms with van der Waals surface area (Å²) in [6.07, 6.45) is -1.82. The highest BCUT2D eigenvalue weighted by Gasteiger charge is 2.42. The highest BCUT2D eigenvalue weighted by atomic mass is 16.6. The lowest BCUT2D eigenvalue weighted by molar-refractivity contribution is -0.150. The van der Waals surface area contributed by atoms with Crippen LogP contribution >= 0.6 is 0 Å². The van der Waals surface area contributed by atoms with Crippen LogP contribution in [-0.4, -0.2) is 125 Å². The monoisotopic (exact) mass is 1000 g/mol. The molecule has 0 radical (unpaired) electrons. The van der Waals surface area contributed by atoms with E-state index in [1.165, 1.54) is 60.6 Å². The van der Waals surface area contributed by atoms with Crippen molar-refractivity contribution in [1.29, 1.82) is 0 Å². The second-order valence-corrected chi connectivity index (χ2v) is 21.4. The van der Waals surface area contributed by atoms with E-state index in [1.54, 1.807) is 94.4 Å². The fourth-order valence-electron chi connectivity index (χ4n) is 6.70. The molecule has 8 N–H and O–H groups in total. The first-order valence-corrected chi connectivity index (χ1v) is 23.9. The van der Waals surface area contributed by atoms with Crippen molar-refractivity contribution < 1.29 is 62.2 Å². The van der Waals surface area contributed by atoms with Crippen LogP contribution in [-0.2, 0) is 52.6 Å². The Morgan fingerprint density at radius 1 is 0.493 bits per heavy atom. The molecule has 0 aliphatic heterocycles. The Bertz CT molecular complexity index is 2060. The van der Waals surface area contributed by atoms with E-state index in [2.05, 4.69) is 42.5 Å². The van der Waals surface area contributed by atoms with E-state index < -0.39 is 142 Å². The minimum Gasteiger partial charge on any atom is -0.467 e. The highest BCUT2D eigenvalue weighted by Crippen LogP contribution is 2.17. The average molecular weight is 1000 g/mol. The number of esters is 2. The van der Waals surface area contributed by atoms with Crippen LogP contribution in [0.3, 0.4) is 0 Å². The van der Waals surface area contributed by atoms with E-state index in [0.717, 1.165) is 7.11 Å². The molecule has 7 atom stereocenters. The summed E-state index contributed by atoms with van der Waals surface area (Å²) in [5, 5.41) is 21.0. The predicted octanol–water partition coefficient (Wildman–Crippen LogP) is 2.94. The summed E-state index contributed by atoms with van der Waals surface area (Å²) in [4.78, 5) is 136. The van der Waals surface area contributed by atoms with Gasteiger partial charge in [-0.1, -0.05) is 80.0 Å². The lowest BCUT2D eigenvalue weighted by Gasteiger charge is -2.34. The van der Waals surface area contributed by atoms with Crippen molar-refractivity contribution in [3.63, 3.8) is 0 Å². The molecule has 0 fully saturated rings. The summed E-state index contributed by atoms with van der Waals surface area (Å²) >= 11 is 0. The highest BCUT2D eigenvalue weighted by molar-refractivity contribution is 6.00. The number of hydrogen-bond acceptors (Lipinski definition) is 13. The number of amides is 8. The maximum absolute atomic E-state index is 14.2. The van der Waals surface area contributed by atoms with Gasteiger partial charge >= 0.3 is 18.0 Å². The van der Waals surface area contributed by atoms with Gasteiger partial charge in [-0.15, -0.1) is 0 Å². The minimum absolute atomic E-state index is 0.152. The summed E-state index contributed by atoms with van der Waals surface area (Å²) in [6.45, 7) is 28.3. The van der Waals surface area contributed by atoms with E-state index in [1.807, 2.05) is 0 Å². The fraction of sp³-hybridized carbons (Fsp3) is 0.680. The largest absolute Gasteiger partial charge is 0.467 e. The molecule has 71 heavy (non-hydrogen) atoms. The Morgan fingerprint density at radius 3 is 1.31 bits per heavy atom. The SMILES string of the molecule is CC[C@H](C)[C@H](NC(=O)[C@@H](NC(=O)[C@@H](NC(=O)C(C)(C)NC(=O)OC(C)(C)C)C(C)C)C(C)C)C(=O)NC(C)(C)C(=O)N[C@H](C(=O)N[C@H](C(=O)NC(C)(C)C(=O)OC)C(C)C)[C@@H](C)OC(=O)c1ccccc1. The molecule has 0 unspecified atom stereocenters. The fourth-order valence-corrected chi connectivity index (χ4v) is 6.70. The van der Waals surface area contributed by atoms with Crippen LogP contribution < -0.4 is 42.5 Å². The Kier molecular flexibility index (Phi) is 23.2. The van der Waals surface area contributed by atoms with E-state index in [0.29, 0.717) is 6.42 Å². The molecule has 0 aromatic heterocycles. The molecule has 0 heterocycles. The number of benzene rings is 1. The van der Waals surface area contributed by atoms with Crippen LogP contribution in [0.15, 0.2) is 30.3 Å². The number of nitrogens with one attached hydrogen (secondary N) is 8. The first-order valence-electron chi connectivity index (χ1n) is 23.9. The topological polar surface area (TPSA) is 295 Å². The average Bonchev–Trinajstić information content (AvgIpc) is 3.24. The van der Waals surface area contributed by atoms with Crippen molar-refractivity contribution in [3.8, 4) is 0 Å². The Balaban J connectivity index is 3.46. The van der Waals surface area contributed by atoms with Crippen LogP contribution in [0.25, 0.3) is 0 Å². The quantitative estimate of drug-likeness (QED) is 0.0547. The Morgan fingerprint density at radius 2 is 0.873 bits per heavy atom. The number of hydrogen-bond donors (Lipinski definition) is 8. The van der Waals surface area contributed by atoms with Crippen molar-refractivity contribution in [2.45, 2.75) is 190 Å². The number of rotatable bonds is 24. The van der Waals surface area contributed by atoms with Crippen LogP contribution in [0.1, 0.15) is 141 Å². The summed E-state index contributed by atoms with van der Waals surface area (Å²) < 4.78 is 15.7. The van der Waals surface area contributed by atoms with Crippen LogP contribution in [0.2, 0.25) is 0 Å². The lowest BCUT2D eigenvalue weighted by Crippen LogP contribution is -2.66. The van der Waals surface area contributed by atoms with Gasteiger partial charge < -0.3 is 56.7 Å². The molecule has 0 bridgehead atoms. The number of alkyl carbamates (subject to hydrolysis) is 1. The van der Waals surface area contributed by atoms with Gasteiger partial charge in [0.15, 0.2) is 0 Å². The van der Waals surface area contributed by atoms with Crippen molar-refractivity contribution in [1.82, 2.24) is 42.5 Å². The van der Waals surface area contributed by atoms with Gasteiger partial charge in [0.05, 0.1) is 12.7 Å². The van der Waals surface area contributed by atoms with Gasteiger partial charge in [0.2, 0.25) is 41.4 Å². The standard InChI is InChI=1S/C50H82N8O13/c1-20-29(8)35(53-37(59)32(26(2)3)51-38(60)33(27(4)5)54-44(66)49(15,16)58-46(68)71-47(10,11)12)41(63)56-48(13,14)43(65)55-36(30(9)70-42(64)31-24-22-21-23-25-31)39(61)52-34(28(6)7)40(62)57-50(17,18)45(67)69-19/h21-30,32-36H,20H2,1-19H3,(H,51,60)(H,52,61)(H,53,59)(H,54,66)(H,55,65)(H,56,63)(H,57,62)(H,58,68)/t29-,30+,32-,33-,34-,35-,36-/m0/s1. The molecule has 0 aliphatic rings. The number of methoxy groups -OCH3 is 1. The third-order valence-electron chi connectivity index (χ3n) is 11.4. The van der Waals surface area contributed by atoms with Gasteiger partial charge in [0.25, 0.3) is 0 Å². The number of ether oxygens (including phenoxy) is 3. The zero-order chi connectivity index (χ0) is 55.1. The van der Waals surface area contributed by atoms with E-state index in [4.69, 9.17) is 14.2 Å². The first kappa shape index (κ1) is 62.7.